The highest BCUT2D eigenvalue weighted by Gasteiger charge is 2.20. The Morgan fingerprint density at radius 1 is 1.30 bits per heavy atom. The van der Waals surface area contributed by atoms with Gasteiger partial charge in [0, 0.05) is 19.2 Å². The number of amides is 3. The minimum absolute atomic E-state index is 0.0721. The lowest BCUT2D eigenvalue weighted by Gasteiger charge is -2.14. The van der Waals surface area contributed by atoms with Gasteiger partial charge in [0.05, 0.1) is 5.75 Å². The summed E-state index contributed by atoms with van der Waals surface area (Å²) in [4.78, 5) is 32.8. The summed E-state index contributed by atoms with van der Waals surface area (Å²) in [5.74, 6) is -2.01. The van der Waals surface area contributed by atoms with Crippen LogP contribution in [0.5, 0.6) is 0 Å². The molecule has 0 aromatic carbocycles. The zero-order valence-electron chi connectivity index (χ0n) is 11.1. The van der Waals surface area contributed by atoms with Crippen molar-refractivity contribution >= 4 is 27.7 Å². The highest BCUT2D eigenvalue weighted by Crippen LogP contribution is 1.97. The van der Waals surface area contributed by atoms with Crippen LogP contribution in [0.1, 0.15) is 19.3 Å². The number of carboxylic acid groups (broad SMARTS) is 1. The van der Waals surface area contributed by atoms with E-state index in [0.29, 0.717) is 0 Å². The highest BCUT2D eigenvalue weighted by atomic mass is 32.2. The summed E-state index contributed by atoms with van der Waals surface area (Å²) in [6, 6.07) is -1.97. The molecule has 0 fully saturated rings. The third-order valence-electron chi connectivity index (χ3n) is 2.26. The fourth-order valence-corrected chi connectivity index (χ4v) is 1.96. The third kappa shape index (κ3) is 10.1. The van der Waals surface area contributed by atoms with Gasteiger partial charge in [-0.1, -0.05) is 0 Å². The van der Waals surface area contributed by atoms with Crippen LogP contribution in [0, 0.1) is 0 Å². The molecule has 3 amide bonds. The van der Waals surface area contributed by atoms with Crippen LogP contribution >= 0.6 is 0 Å². The molecule has 20 heavy (non-hydrogen) atoms. The molecule has 0 bridgehead atoms. The largest absolute Gasteiger partial charge is 0.480 e. The quantitative estimate of drug-likeness (QED) is 0.377. The lowest BCUT2D eigenvalue weighted by atomic mass is 10.1. The van der Waals surface area contributed by atoms with Gasteiger partial charge in [0.1, 0.15) is 15.9 Å². The van der Waals surface area contributed by atoms with E-state index in [-0.39, 0.29) is 31.6 Å². The molecule has 0 heterocycles. The number of carbonyl (C=O) groups is 3. The second-order valence-corrected chi connectivity index (χ2v) is 6.54. The van der Waals surface area contributed by atoms with Gasteiger partial charge in [0.2, 0.25) is 5.91 Å². The van der Waals surface area contributed by atoms with Crippen LogP contribution in [0.4, 0.5) is 4.79 Å². The molecule has 0 aliphatic carbocycles. The number of aliphatic carboxylic acids is 1. The van der Waals surface area contributed by atoms with Gasteiger partial charge >= 0.3 is 12.0 Å². The van der Waals surface area contributed by atoms with Crippen LogP contribution in [0.2, 0.25) is 0 Å². The predicted molar refractivity (Wildman–Crippen MR) is 70.7 cm³/mol. The zero-order chi connectivity index (χ0) is 15.8. The van der Waals surface area contributed by atoms with Gasteiger partial charge in [-0.15, -0.1) is 0 Å². The number of carboxylic acids is 1. The number of nitrogens with two attached hydrogens (primary N) is 1. The second-order valence-electron chi connectivity index (χ2n) is 4.28. The molecule has 0 aliphatic rings. The average molecular weight is 309 g/mol. The molecule has 0 radical (unpaired) electrons. The Labute approximate surface area is 116 Å². The van der Waals surface area contributed by atoms with E-state index in [2.05, 4.69) is 10.6 Å². The Morgan fingerprint density at radius 3 is 2.35 bits per heavy atom. The van der Waals surface area contributed by atoms with E-state index in [1.54, 1.807) is 0 Å². The molecule has 5 N–H and O–H groups in total. The number of rotatable bonds is 9. The zero-order valence-corrected chi connectivity index (χ0v) is 11.9. The number of sulfone groups is 1. The van der Waals surface area contributed by atoms with Crippen LogP contribution < -0.4 is 16.4 Å². The molecule has 116 valence electrons. The molecule has 0 saturated heterocycles. The van der Waals surface area contributed by atoms with Gasteiger partial charge in [-0.25, -0.2) is 18.0 Å². The van der Waals surface area contributed by atoms with Crippen molar-refractivity contribution in [2.24, 2.45) is 5.73 Å². The molecule has 0 spiro atoms. The van der Waals surface area contributed by atoms with Crippen molar-refractivity contribution in [1.29, 1.82) is 0 Å². The molecule has 0 aliphatic heterocycles. The first-order chi connectivity index (χ1) is 9.11. The first-order valence-corrected chi connectivity index (χ1v) is 7.91. The Hall–Kier alpha value is -1.84. The van der Waals surface area contributed by atoms with Gasteiger partial charge in [0.25, 0.3) is 0 Å². The number of urea groups is 1. The van der Waals surface area contributed by atoms with E-state index in [1.807, 2.05) is 0 Å². The Morgan fingerprint density at radius 2 is 1.90 bits per heavy atom. The summed E-state index contributed by atoms with van der Waals surface area (Å²) in [5.41, 5.74) is 4.89. The fourth-order valence-electron chi connectivity index (χ4n) is 1.29. The molecule has 0 aromatic rings. The van der Waals surface area contributed by atoms with Crippen molar-refractivity contribution in [2.75, 3.05) is 18.6 Å². The molecule has 0 rings (SSSR count). The van der Waals surface area contributed by atoms with Crippen molar-refractivity contribution in [3.05, 3.63) is 0 Å². The van der Waals surface area contributed by atoms with Crippen LogP contribution in [0.25, 0.3) is 0 Å². The predicted octanol–water partition coefficient (Wildman–Crippen LogP) is -1.56. The fraction of sp³-hybridized carbons (Fsp3) is 0.700. The highest BCUT2D eigenvalue weighted by molar-refractivity contribution is 7.90. The number of carbonyl (C=O) groups excluding carboxylic acids is 2. The van der Waals surface area contributed by atoms with E-state index in [4.69, 9.17) is 10.8 Å². The summed E-state index contributed by atoms with van der Waals surface area (Å²) < 4.78 is 21.7. The number of nitrogens with one attached hydrogen (secondary N) is 2. The maximum Gasteiger partial charge on any atom is 0.326 e. The van der Waals surface area contributed by atoms with Crippen molar-refractivity contribution in [2.45, 2.75) is 25.3 Å². The van der Waals surface area contributed by atoms with Gasteiger partial charge in [-0.2, -0.15) is 0 Å². The molecule has 0 saturated carbocycles. The second kappa shape index (κ2) is 8.35. The van der Waals surface area contributed by atoms with Gasteiger partial charge < -0.3 is 21.5 Å². The normalized spacial score (nSPS) is 12.4. The lowest BCUT2D eigenvalue weighted by molar-refractivity contribution is -0.139. The summed E-state index contributed by atoms with van der Waals surface area (Å²) in [6.07, 6.45) is 1.04. The maximum absolute atomic E-state index is 11.4. The van der Waals surface area contributed by atoms with Crippen LogP contribution in [0.15, 0.2) is 0 Å². The summed E-state index contributed by atoms with van der Waals surface area (Å²) in [6.45, 7) is 0.0983. The SMILES string of the molecule is CS(=O)(=O)CCCNC(=O)N[C@@H](CCC(N)=O)C(=O)O. The summed E-state index contributed by atoms with van der Waals surface area (Å²) in [5, 5.41) is 13.3. The third-order valence-corrected chi connectivity index (χ3v) is 3.29. The number of hydrogen-bond acceptors (Lipinski definition) is 5. The van der Waals surface area contributed by atoms with Crippen LogP contribution in [-0.4, -0.2) is 56.0 Å². The molecule has 0 unspecified atom stereocenters. The van der Waals surface area contributed by atoms with E-state index in [1.165, 1.54) is 0 Å². The first kappa shape index (κ1) is 18.2. The Balaban J connectivity index is 4.07. The number of hydrogen-bond donors (Lipinski definition) is 4. The molecular formula is C10H19N3O6S. The van der Waals surface area contributed by atoms with Crippen LogP contribution in [-0.2, 0) is 19.4 Å². The summed E-state index contributed by atoms with van der Waals surface area (Å²) in [7, 11) is -3.09. The van der Waals surface area contributed by atoms with Crippen molar-refractivity contribution in [1.82, 2.24) is 10.6 Å². The van der Waals surface area contributed by atoms with E-state index < -0.39 is 33.8 Å². The van der Waals surface area contributed by atoms with Gasteiger partial charge in [-0.3, -0.25) is 4.79 Å². The Kier molecular flexibility index (Phi) is 7.59. The molecule has 0 aromatic heterocycles. The van der Waals surface area contributed by atoms with E-state index in [0.717, 1.165) is 6.26 Å². The topological polar surface area (TPSA) is 156 Å². The lowest BCUT2D eigenvalue weighted by Crippen LogP contribution is -2.46. The Bertz CT molecular complexity index is 462. The minimum atomic E-state index is -3.09. The van der Waals surface area contributed by atoms with Crippen molar-refractivity contribution in [3.63, 3.8) is 0 Å². The van der Waals surface area contributed by atoms with Crippen molar-refractivity contribution < 1.29 is 27.9 Å². The molecule has 10 heteroatoms. The van der Waals surface area contributed by atoms with E-state index in [9.17, 15) is 22.8 Å². The number of primary amides is 1. The molecular weight excluding hydrogens is 290 g/mol. The maximum atomic E-state index is 11.4. The molecule has 9 nitrogen and oxygen atoms in total. The van der Waals surface area contributed by atoms with Crippen molar-refractivity contribution in [3.8, 4) is 0 Å². The van der Waals surface area contributed by atoms with E-state index >= 15 is 0 Å². The average Bonchev–Trinajstić information content (AvgIpc) is 2.28. The van der Waals surface area contributed by atoms with Crippen LogP contribution in [0.3, 0.4) is 0 Å². The standard InChI is InChI=1S/C10H19N3O6S/c1-20(18,19)6-2-5-12-10(17)13-7(9(15)16)3-4-8(11)14/h7H,2-6H2,1H3,(H2,11,14)(H,15,16)(H2,12,13,17)/t7-/m0/s1. The summed E-state index contributed by atoms with van der Waals surface area (Å²) >= 11 is 0. The van der Waals surface area contributed by atoms with Gasteiger partial charge in [-0.05, 0) is 12.8 Å². The minimum Gasteiger partial charge on any atom is -0.480 e. The first-order valence-electron chi connectivity index (χ1n) is 5.85. The molecule has 1 atom stereocenters. The van der Waals surface area contributed by atoms with Gasteiger partial charge in [0.15, 0.2) is 0 Å². The smallest absolute Gasteiger partial charge is 0.326 e. The monoisotopic (exact) mass is 309 g/mol.